The van der Waals surface area contributed by atoms with E-state index in [1.165, 1.54) is 10.7 Å². The van der Waals surface area contributed by atoms with E-state index in [4.69, 9.17) is 11.8 Å². The summed E-state index contributed by atoms with van der Waals surface area (Å²) in [5.41, 5.74) is 1.05. The molecule has 0 bridgehead atoms. The Morgan fingerprint density at radius 1 is 1.10 bits per heavy atom. The van der Waals surface area contributed by atoms with Crippen LogP contribution in [0, 0.1) is 5.41 Å². The van der Waals surface area contributed by atoms with E-state index in [-0.39, 0.29) is 11.3 Å². The van der Waals surface area contributed by atoms with E-state index < -0.39 is 0 Å². The van der Waals surface area contributed by atoms with Crippen molar-refractivity contribution in [3.63, 3.8) is 0 Å². The van der Waals surface area contributed by atoms with Gasteiger partial charge in [0.2, 0.25) is 5.91 Å². The Hall–Kier alpha value is -2.87. The predicted molar refractivity (Wildman–Crippen MR) is 114 cm³/mol. The van der Waals surface area contributed by atoms with Crippen LogP contribution in [-0.4, -0.2) is 57.2 Å². The quantitative estimate of drug-likeness (QED) is 0.663. The van der Waals surface area contributed by atoms with Crippen LogP contribution in [0.1, 0.15) is 20.8 Å². The van der Waals surface area contributed by atoms with Crippen LogP contribution < -0.4 is 9.32 Å². The summed E-state index contributed by atoms with van der Waals surface area (Å²) in [6.07, 6.45) is 1.47. The summed E-state index contributed by atoms with van der Waals surface area (Å²) in [5, 5.41) is 8.23. The van der Waals surface area contributed by atoms with Crippen molar-refractivity contribution < 1.29 is 4.79 Å². The molecule has 3 heterocycles. The van der Waals surface area contributed by atoms with E-state index in [1.807, 2.05) is 56.0 Å². The lowest BCUT2D eigenvalue weighted by atomic mass is 9.94. The van der Waals surface area contributed by atoms with Gasteiger partial charge in [-0.15, -0.1) is 0 Å². The molecule has 1 saturated heterocycles. The van der Waals surface area contributed by atoms with Crippen LogP contribution in [0.4, 0.5) is 17.3 Å². The zero-order chi connectivity index (χ0) is 20.6. The van der Waals surface area contributed by atoms with Gasteiger partial charge in [0.1, 0.15) is 11.7 Å². The third kappa shape index (κ3) is 3.72. The number of nitrogens with zero attached hydrogens (tertiary/aromatic N) is 6. The molecule has 0 atom stereocenters. The third-order valence-electron chi connectivity index (χ3n) is 5.00. The number of aromatic amines is 1. The van der Waals surface area contributed by atoms with Crippen LogP contribution in [0.15, 0.2) is 36.7 Å². The SMILES string of the molecule is CC(C)(C)C(=O)N1CCN(c2n[nH]c3ncnc(N(Cl)c4ccccc4)c23)CC1. The van der Waals surface area contributed by atoms with Gasteiger partial charge in [0.15, 0.2) is 17.3 Å². The summed E-state index contributed by atoms with van der Waals surface area (Å²) in [4.78, 5) is 25.4. The van der Waals surface area contributed by atoms with Gasteiger partial charge < -0.3 is 9.80 Å². The Balaban J connectivity index is 1.62. The Labute approximate surface area is 174 Å². The van der Waals surface area contributed by atoms with Gasteiger partial charge in [-0.2, -0.15) is 5.10 Å². The molecule has 1 aliphatic rings. The molecule has 8 nitrogen and oxygen atoms in total. The number of nitrogens with one attached hydrogen (secondary N) is 1. The molecular formula is C20H24ClN7O. The fourth-order valence-corrected chi connectivity index (χ4v) is 3.72. The van der Waals surface area contributed by atoms with Crippen molar-refractivity contribution in [2.75, 3.05) is 35.5 Å². The molecule has 3 aromatic rings. The lowest BCUT2D eigenvalue weighted by Gasteiger charge is -2.37. The molecule has 152 valence electrons. The maximum absolute atomic E-state index is 12.6. The number of fused-ring (bicyclic) bond motifs is 1. The van der Waals surface area contributed by atoms with Crippen molar-refractivity contribution in [2.45, 2.75) is 20.8 Å². The molecule has 1 fully saturated rings. The van der Waals surface area contributed by atoms with Crippen molar-refractivity contribution >= 4 is 46.0 Å². The third-order valence-corrected chi connectivity index (χ3v) is 5.35. The minimum absolute atomic E-state index is 0.170. The van der Waals surface area contributed by atoms with Crippen LogP contribution in [0.25, 0.3) is 11.0 Å². The lowest BCUT2D eigenvalue weighted by Crippen LogP contribution is -2.51. The highest BCUT2D eigenvalue weighted by Crippen LogP contribution is 2.36. The van der Waals surface area contributed by atoms with Gasteiger partial charge in [0.05, 0.1) is 5.69 Å². The largest absolute Gasteiger partial charge is 0.351 e. The number of carbonyl (C=O) groups is 1. The first kappa shape index (κ1) is 19.4. The van der Waals surface area contributed by atoms with E-state index in [0.717, 1.165) is 16.9 Å². The van der Waals surface area contributed by atoms with Crippen molar-refractivity contribution in [2.24, 2.45) is 5.41 Å². The molecule has 1 aliphatic heterocycles. The number of anilines is 3. The number of aromatic nitrogens is 4. The van der Waals surface area contributed by atoms with Gasteiger partial charge in [0.25, 0.3) is 0 Å². The second kappa shape index (κ2) is 7.51. The summed E-state index contributed by atoms with van der Waals surface area (Å²) in [6, 6.07) is 9.61. The fraction of sp³-hybridized carbons (Fsp3) is 0.400. The average Bonchev–Trinajstić information content (AvgIpc) is 3.17. The molecule has 4 rings (SSSR count). The van der Waals surface area contributed by atoms with Crippen molar-refractivity contribution in [1.29, 1.82) is 0 Å². The number of halogens is 1. The number of para-hydroxylation sites is 1. The maximum Gasteiger partial charge on any atom is 0.228 e. The van der Waals surface area contributed by atoms with Crippen LogP contribution in [0.5, 0.6) is 0 Å². The number of amides is 1. The second-order valence-electron chi connectivity index (χ2n) is 8.11. The molecule has 0 saturated carbocycles. The molecular weight excluding hydrogens is 390 g/mol. The minimum atomic E-state index is -0.378. The number of hydrogen-bond acceptors (Lipinski definition) is 6. The van der Waals surface area contributed by atoms with Crippen LogP contribution in [0.2, 0.25) is 0 Å². The van der Waals surface area contributed by atoms with E-state index in [2.05, 4.69) is 25.1 Å². The molecule has 9 heteroatoms. The van der Waals surface area contributed by atoms with Crippen molar-refractivity contribution in [3.05, 3.63) is 36.7 Å². The minimum Gasteiger partial charge on any atom is -0.351 e. The second-order valence-corrected chi connectivity index (χ2v) is 8.45. The normalized spacial score (nSPS) is 15.0. The summed E-state index contributed by atoms with van der Waals surface area (Å²) >= 11 is 6.62. The highest BCUT2D eigenvalue weighted by molar-refractivity contribution is 6.31. The van der Waals surface area contributed by atoms with Crippen LogP contribution in [0.3, 0.4) is 0 Å². The van der Waals surface area contributed by atoms with Gasteiger partial charge in [-0.3, -0.25) is 9.89 Å². The molecule has 1 N–H and O–H groups in total. The number of piperazine rings is 1. The highest BCUT2D eigenvalue weighted by Gasteiger charge is 2.31. The summed E-state index contributed by atoms with van der Waals surface area (Å²) in [5.74, 6) is 1.49. The number of H-pyrrole nitrogens is 1. The van der Waals surface area contributed by atoms with Gasteiger partial charge >= 0.3 is 0 Å². The fourth-order valence-electron chi connectivity index (χ4n) is 3.48. The first-order valence-electron chi connectivity index (χ1n) is 9.60. The Morgan fingerprint density at radius 3 is 2.45 bits per heavy atom. The molecule has 1 amide bonds. The Morgan fingerprint density at radius 2 is 1.79 bits per heavy atom. The summed E-state index contributed by atoms with van der Waals surface area (Å²) in [7, 11) is 0. The molecule has 2 aromatic heterocycles. The number of benzene rings is 1. The molecule has 0 aliphatic carbocycles. The number of rotatable bonds is 3. The van der Waals surface area contributed by atoms with Gasteiger partial charge in [0, 0.05) is 43.4 Å². The van der Waals surface area contributed by atoms with Crippen molar-refractivity contribution in [1.82, 2.24) is 25.1 Å². The van der Waals surface area contributed by atoms with Crippen LogP contribution in [-0.2, 0) is 4.79 Å². The molecule has 0 unspecified atom stereocenters. The van der Waals surface area contributed by atoms with Gasteiger partial charge in [-0.25, -0.2) is 14.4 Å². The standard InChI is InChI=1S/C20H24ClN7O/c1-20(2,3)19(29)27-11-9-26(10-12-27)18-15-16(24-25-18)22-13-23-17(15)28(21)14-7-5-4-6-8-14/h4-8,13H,9-12H2,1-3H3,(H,22,23,24,25). The van der Waals surface area contributed by atoms with E-state index in [9.17, 15) is 4.79 Å². The van der Waals surface area contributed by atoms with E-state index >= 15 is 0 Å². The number of carbonyl (C=O) groups excluding carboxylic acids is 1. The van der Waals surface area contributed by atoms with Gasteiger partial charge in [-0.1, -0.05) is 39.0 Å². The molecule has 0 spiro atoms. The maximum atomic E-state index is 12.6. The predicted octanol–water partition coefficient (Wildman–Crippen LogP) is 3.34. The monoisotopic (exact) mass is 413 g/mol. The lowest BCUT2D eigenvalue weighted by molar-refractivity contribution is -0.139. The van der Waals surface area contributed by atoms with Crippen molar-refractivity contribution in [3.8, 4) is 0 Å². The topological polar surface area (TPSA) is 81.2 Å². The summed E-state index contributed by atoms with van der Waals surface area (Å²) in [6.45, 7) is 8.52. The first-order valence-corrected chi connectivity index (χ1v) is 9.94. The number of hydrogen-bond donors (Lipinski definition) is 1. The zero-order valence-electron chi connectivity index (χ0n) is 16.8. The van der Waals surface area contributed by atoms with Gasteiger partial charge in [-0.05, 0) is 12.1 Å². The Kier molecular flexibility index (Phi) is 5.04. The molecule has 29 heavy (non-hydrogen) atoms. The summed E-state index contributed by atoms with van der Waals surface area (Å²) < 4.78 is 1.52. The Bertz CT molecular complexity index is 1010. The smallest absolute Gasteiger partial charge is 0.228 e. The molecule has 0 radical (unpaired) electrons. The van der Waals surface area contributed by atoms with E-state index in [1.54, 1.807) is 0 Å². The first-order chi connectivity index (χ1) is 13.9. The average molecular weight is 414 g/mol. The zero-order valence-corrected chi connectivity index (χ0v) is 17.5. The van der Waals surface area contributed by atoms with Crippen LogP contribution >= 0.6 is 11.8 Å². The molecule has 1 aromatic carbocycles. The van der Waals surface area contributed by atoms with E-state index in [0.29, 0.717) is 37.6 Å². The highest BCUT2D eigenvalue weighted by atomic mass is 35.5.